The van der Waals surface area contributed by atoms with Crippen molar-refractivity contribution in [1.82, 2.24) is 4.57 Å². The van der Waals surface area contributed by atoms with Crippen LogP contribution in [0.5, 0.6) is 5.75 Å². The zero-order valence-electron chi connectivity index (χ0n) is 9.16. The predicted molar refractivity (Wildman–Crippen MR) is 68.1 cm³/mol. The van der Waals surface area contributed by atoms with Gasteiger partial charge < -0.3 is 9.30 Å². The SMILES string of the molecule is CCOc1c(Br)c(=O)n(C)c2ccccc12. The lowest BCUT2D eigenvalue weighted by atomic mass is 10.2. The van der Waals surface area contributed by atoms with Crippen LogP contribution in [-0.2, 0) is 7.05 Å². The molecule has 2 rings (SSSR count). The van der Waals surface area contributed by atoms with E-state index in [1.54, 1.807) is 11.6 Å². The zero-order chi connectivity index (χ0) is 11.7. The minimum Gasteiger partial charge on any atom is -0.492 e. The van der Waals surface area contributed by atoms with E-state index >= 15 is 0 Å². The van der Waals surface area contributed by atoms with E-state index in [1.165, 1.54) is 0 Å². The number of fused-ring (bicyclic) bond motifs is 1. The van der Waals surface area contributed by atoms with Gasteiger partial charge in [-0.25, -0.2) is 0 Å². The van der Waals surface area contributed by atoms with E-state index in [2.05, 4.69) is 15.9 Å². The number of para-hydroxylation sites is 1. The van der Waals surface area contributed by atoms with E-state index in [1.807, 2.05) is 31.2 Å². The number of halogens is 1. The molecule has 3 nitrogen and oxygen atoms in total. The molecule has 0 fully saturated rings. The van der Waals surface area contributed by atoms with Crippen LogP contribution in [0.15, 0.2) is 33.5 Å². The van der Waals surface area contributed by atoms with Crippen LogP contribution in [0.2, 0.25) is 0 Å². The van der Waals surface area contributed by atoms with Crippen LogP contribution < -0.4 is 10.3 Å². The number of rotatable bonds is 2. The Morgan fingerprint density at radius 1 is 1.38 bits per heavy atom. The van der Waals surface area contributed by atoms with Gasteiger partial charge in [-0.05, 0) is 35.0 Å². The minimum absolute atomic E-state index is 0.0813. The van der Waals surface area contributed by atoms with Crippen molar-refractivity contribution in [2.45, 2.75) is 6.92 Å². The topological polar surface area (TPSA) is 31.2 Å². The number of ether oxygens (including phenoxy) is 1. The van der Waals surface area contributed by atoms with Crippen LogP contribution in [0.25, 0.3) is 10.9 Å². The molecule has 0 amide bonds. The average Bonchev–Trinajstić information content (AvgIpc) is 2.32. The van der Waals surface area contributed by atoms with Crippen molar-refractivity contribution in [2.75, 3.05) is 6.61 Å². The molecule has 0 saturated carbocycles. The zero-order valence-corrected chi connectivity index (χ0v) is 10.7. The van der Waals surface area contributed by atoms with Crippen LogP contribution in [0.3, 0.4) is 0 Å². The fourth-order valence-electron chi connectivity index (χ4n) is 1.72. The Kier molecular flexibility index (Phi) is 3.01. The lowest BCUT2D eigenvalue weighted by molar-refractivity contribution is 0.341. The van der Waals surface area contributed by atoms with Crippen molar-refractivity contribution in [3.63, 3.8) is 0 Å². The second-order valence-corrected chi connectivity index (χ2v) is 4.25. The first-order valence-electron chi connectivity index (χ1n) is 5.06. The third-order valence-electron chi connectivity index (χ3n) is 2.49. The second-order valence-electron chi connectivity index (χ2n) is 3.46. The van der Waals surface area contributed by atoms with Crippen LogP contribution in [0.1, 0.15) is 6.92 Å². The summed E-state index contributed by atoms with van der Waals surface area (Å²) in [6.07, 6.45) is 0. The number of benzene rings is 1. The molecule has 0 bridgehead atoms. The maximum Gasteiger partial charge on any atom is 0.268 e. The Morgan fingerprint density at radius 2 is 2.06 bits per heavy atom. The normalized spacial score (nSPS) is 10.7. The van der Waals surface area contributed by atoms with Crippen LogP contribution >= 0.6 is 15.9 Å². The summed E-state index contributed by atoms with van der Waals surface area (Å²) in [6.45, 7) is 2.44. The highest BCUT2D eigenvalue weighted by atomic mass is 79.9. The van der Waals surface area contributed by atoms with Crippen molar-refractivity contribution in [1.29, 1.82) is 0 Å². The fraction of sp³-hybridized carbons (Fsp3) is 0.250. The van der Waals surface area contributed by atoms with Gasteiger partial charge in [0.2, 0.25) is 0 Å². The molecule has 0 unspecified atom stereocenters. The summed E-state index contributed by atoms with van der Waals surface area (Å²) in [7, 11) is 1.76. The third kappa shape index (κ3) is 1.63. The van der Waals surface area contributed by atoms with Crippen molar-refractivity contribution >= 4 is 26.8 Å². The summed E-state index contributed by atoms with van der Waals surface area (Å²) in [5.41, 5.74) is 0.793. The molecule has 2 aromatic rings. The lowest BCUT2D eigenvalue weighted by Gasteiger charge is -2.12. The first-order chi connectivity index (χ1) is 7.66. The van der Waals surface area contributed by atoms with Gasteiger partial charge in [-0.3, -0.25) is 4.79 Å². The summed E-state index contributed by atoms with van der Waals surface area (Å²) in [5, 5.41) is 0.943. The first kappa shape index (κ1) is 11.2. The Morgan fingerprint density at radius 3 is 2.75 bits per heavy atom. The maximum atomic E-state index is 11.9. The number of aryl methyl sites for hydroxylation is 1. The molecule has 1 aromatic heterocycles. The largest absolute Gasteiger partial charge is 0.492 e. The van der Waals surface area contributed by atoms with E-state index in [4.69, 9.17) is 4.74 Å². The standard InChI is InChI=1S/C12H12BrNO2/c1-3-16-11-8-6-4-5-7-9(8)14(2)12(15)10(11)13/h4-7H,3H2,1-2H3. The lowest BCUT2D eigenvalue weighted by Crippen LogP contribution is -2.19. The smallest absolute Gasteiger partial charge is 0.268 e. The summed E-state index contributed by atoms with van der Waals surface area (Å²) >= 11 is 3.29. The molecule has 0 radical (unpaired) electrons. The molecule has 1 heterocycles. The fourth-order valence-corrected chi connectivity index (χ4v) is 2.31. The van der Waals surface area contributed by atoms with Gasteiger partial charge in [-0.15, -0.1) is 0 Å². The van der Waals surface area contributed by atoms with E-state index in [0.717, 1.165) is 10.9 Å². The number of nitrogens with zero attached hydrogens (tertiary/aromatic N) is 1. The maximum absolute atomic E-state index is 11.9. The molecule has 16 heavy (non-hydrogen) atoms. The van der Waals surface area contributed by atoms with Crippen LogP contribution in [0, 0.1) is 0 Å². The number of hydrogen-bond acceptors (Lipinski definition) is 2. The van der Waals surface area contributed by atoms with Gasteiger partial charge in [0.1, 0.15) is 10.2 Å². The second kappa shape index (κ2) is 4.29. The molecule has 0 N–H and O–H groups in total. The minimum atomic E-state index is -0.0813. The molecule has 1 aromatic carbocycles. The monoisotopic (exact) mass is 281 g/mol. The summed E-state index contributed by atoms with van der Waals surface area (Å²) < 4.78 is 7.62. The Hall–Kier alpha value is -1.29. The molecule has 4 heteroatoms. The molecule has 0 spiro atoms. The van der Waals surface area contributed by atoms with Crippen LogP contribution in [-0.4, -0.2) is 11.2 Å². The highest BCUT2D eigenvalue weighted by molar-refractivity contribution is 9.10. The number of hydrogen-bond donors (Lipinski definition) is 0. The van der Waals surface area contributed by atoms with Crippen molar-refractivity contribution in [2.24, 2.45) is 7.05 Å². The van der Waals surface area contributed by atoms with Crippen molar-refractivity contribution in [3.8, 4) is 5.75 Å². The number of aromatic nitrogens is 1. The molecule has 0 atom stereocenters. The summed E-state index contributed by atoms with van der Waals surface area (Å²) in [5.74, 6) is 0.626. The van der Waals surface area contributed by atoms with Gasteiger partial charge >= 0.3 is 0 Å². The van der Waals surface area contributed by atoms with E-state index < -0.39 is 0 Å². The molecule has 0 aliphatic rings. The molecular formula is C12H12BrNO2. The van der Waals surface area contributed by atoms with Crippen LogP contribution in [0.4, 0.5) is 0 Å². The van der Waals surface area contributed by atoms with Gasteiger partial charge in [0.05, 0.1) is 12.1 Å². The average molecular weight is 282 g/mol. The molecule has 0 aliphatic carbocycles. The highest BCUT2D eigenvalue weighted by Gasteiger charge is 2.13. The van der Waals surface area contributed by atoms with Gasteiger partial charge in [0.25, 0.3) is 5.56 Å². The Bertz CT molecular complexity index is 589. The molecule has 84 valence electrons. The summed E-state index contributed by atoms with van der Waals surface area (Å²) in [6, 6.07) is 7.70. The van der Waals surface area contributed by atoms with E-state index in [-0.39, 0.29) is 5.56 Å². The van der Waals surface area contributed by atoms with Crippen molar-refractivity contribution < 1.29 is 4.74 Å². The number of pyridine rings is 1. The van der Waals surface area contributed by atoms with Crippen molar-refractivity contribution in [3.05, 3.63) is 39.1 Å². The first-order valence-corrected chi connectivity index (χ1v) is 5.86. The molecular weight excluding hydrogens is 270 g/mol. The van der Waals surface area contributed by atoms with Gasteiger partial charge in [0.15, 0.2) is 0 Å². The van der Waals surface area contributed by atoms with E-state index in [0.29, 0.717) is 16.8 Å². The third-order valence-corrected chi connectivity index (χ3v) is 3.19. The van der Waals surface area contributed by atoms with Gasteiger partial charge in [0, 0.05) is 12.4 Å². The van der Waals surface area contributed by atoms with Gasteiger partial charge in [-0.1, -0.05) is 12.1 Å². The summed E-state index contributed by atoms with van der Waals surface area (Å²) in [4.78, 5) is 11.9. The Labute approximate surface area is 102 Å². The highest BCUT2D eigenvalue weighted by Crippen LogP contribution is 2.30. The van der Waals surface area contributed by atoms with E-state index in [9.17, 15) is 4.79 Å². The Balaban J connectivity index is 2.92. The van der Waals surface area contributed by atoms with Gasteiger partial charge in [-0.2, -0.15) is 0 Å². The quantitative estimate of drug-likeness (QED) is 0.848. The molecule has 0 aliphatic heterocycles. The molecule has 0 saturated heterocycles. The predicted octanol–water partition coefficient (Wildman–Crippen LogP) is 2.70.